The number of alkyl carbamates (subject to hydrolysis) is 1. The van der Waals surface area contributed by atoms with Crippen LogP contribution in [0.4, 0.5) is 4.79 Å². The summed E-state index contributed by atoms with van der Waals surface area (Å²) in [6, 6.07) is 18.1. The zero-order valence-corrected chi connectivity index (χ0v) is 21.5. The first kappa shape index (κ1) is 25.8. The first-order valence-electron chi connectivity index (χ1n) is 12.6. The molecule has 1 N–H and O–H groups in total. The molecular weight excluding hydrogens is 502 g/mol. The molecule has 1 aliphatic heterocycles. The second-order valence-electron chi connectivity index (χ2n) is 9.08. The highest BCUT2D eigenvalue weighted by Gasteiger charge is 2.21. The number of nitrogens with one attached hydrogen (secondary N) is 1. The van der Waals surface area contributed by atoms with Crippen molar-refractivity contribution in [2.24, 2.45) is 0 Å². The van der Waals surface area contributed by atoms with Crippen LogP contribution >= 0.6 is 0 Å². The molecule has 0 saturated carbocycles. The molecule has 0 aliphatic carbocycles. The third-order valence-corrected chi connectivity index (χ3v) is 6.20. The van der Waals surface area contributed by atoms with Crippen molar-refractivity contribution in [2.45, 2.75) is 32.9 Å². The molecule has 5 rings (SSSR count). The predicted octanol–water partition coefficient (Wildman–Crippen LogP) is 5.15. The Morgan fingerprint density at radius 3 is 2.54 bits per heavy atom. The van der Waals surface area contributed by atoms with Crippen molar-refractivity contribution in [2.75, 3.05) is 13.2 Å². The lowest BCUT2D eigenvalue weighted by molar-refractivity contribution is -0.136. The van der Waals surface area contributed by atoms with Gasteiger partial charge >= 0.3 is 12.1 Å². The van der Waals surface area contributed by atoms with E-state index in [-0.39, 0.29) is 23.4 Å². The molecule has 2 heterocycles. The molecule has 3 aromatic carbocycles. The van der Waals surface area contributed by atoms with E-state index in [0.29, 0.717) is 47.0 Å². The quantitative estimate of drug-likeness (QED) is 0.270. The summed E-state index contributed by atoms with van der Waals surface area (Å²) in [5, 5.41) is 2.78. The standard InChI is InChI=1S/C30H27NO8/c1-18(31-30(34)37-17-20-7-4-3-5-8-20)29(33)39-22-10-11-23-25(16-22)38-19(2)27(28(23)32)21-9-12-24-26(15-21)36-14-6-13-35-24/h3-5,7-12,15-16,18H,6,13-14,17H2,1-2H3,(H,31,34)/t18-/m0/s1. The minimum Gasteiger partial charge on any atom is -0.490 e. The zero-order chi connectivity index (χ0) is 27.4. The number of carbonyl (C=O) groups excluding carboxylic acids is 2. The van der Waals surface area contributed by atoms with Gasteiger partial charge in [-0.05, 0) is 49.2 Å². The number of carbonyl (C=O) groups is 2. The number of ether oxygens (including phenoxy) is 4. The highest BCUT2D eigenvalue weighted by Crippen LogP contribution is 2.35. The third kappa shape index (κ3) is 5.87. The van der Waals surface area contributed by atoms with E-state index in [1.54, 1.807) is 31.2 Å². The Morgan fingerprint density at radius 1 is 0.974 bits per heavy atom. The molecule has 0 fully saturated rings. The van der Waals surface area contributed by atoms with Crippen molar-refractivity contribution in [3.05, 3.63) is 88.3 Å². The number of fused-ring (bicyclic) bond motifs is 2. The Morgan fingerprint density at radius 2 is 1.74 bits per heavy atom. The van der Waals surface area contributed by atoms with Gasteiger partial charge in [-0.25, -0.2) is 9.59 Å². The number of benzene rings is 3. The van der Waals surface area contributed by atoms with Gasteiger partial charge in [-0.3, -0.25) is 4.79 Å². The van der Waals surface area contributed by atoms with Crippen LogP contribution in [0, 0.1) is 6.92 Å². The number of hydrogen-bond acceptors (Lipinski definition) is 8. The summed E-state index contributed by atoms with van der Waals surface area (Å²) in [4.78, 5) is 38.1. The molecule has 1 amide bonds. The van der Waals surface area contributed by atoms with Gasteiger partial charge in [-0.15, -0.1) is 0 Å². The molecule has 9 nitrogen and oxygen atoms in total. The molecular formula is C30H27NO8. The molecule has 200 valence electrons. The highest BCUT2D eigenvalue weighted by atomic mass is 16.6. The number of aryl methyl sites for hydroxylation is 1. The molecule has 39 heavy (non-hydrogen) atoms. The van der Waals surface area contributed by atoms with E-state index < -0.39 is 18.1 Å². The van der Waals surface area contributed by atoms with Crippen LogP contribution in [0.3, 0.4) is 0 Å². The molecule has 0 bridgehead atoms. The van der Waals surface area contributed by atoms with Gasteiger partial charge in [-0.1, -0.05) is 36.4 Å². The number of amides is 1. The molecule has 1 aromatic heterocycles. The van der Waals surface area contributed by atoms with E-state index in [0.717, 1.165) is 12.0 Å². The van der Waals surface area contributed by atoms with E-state index in [9.17, 15) is 14.4 Å². The maximum Gasteiger partial charge on any atom is 0.408 e. The average molecular weight is 530 g/mol. The fourth-order valence-corrected chi connectivity index (χ4v) is 4.21. The molecule has 0 unspecified atom stereocenters. The topological polar surface area (TPSA) is 113 Å². The van der Waals surface area contributed by atoms with Gasteiger partial charge in [0.25, 0.3) is 0 Å². The van der Waals surface area contributed by atoms with Crippen molar-refractivity contribution in [1.82, 2.24) is 5.32 Å². The van der Waals surface area contributed by atoms with Crippen molar-refractivity contribution in [3.8, 4) is 28.4 Å². The van der Waals surface area contributed by atoms with Gasteiger partial charge in [0, 0.05) is 12.5 Å². The summed E-state index contributed by atoms with van der Waals surface area (Å²) in [5.74, 6) is 1.09. The minimum absolute atomic E-state index is 0.0751. The first-order chi connectivity index (χ1) is 18.9. The van der Waals surface area contributed by atoms with Crippen LogP contribution in [0.2, 0.25) is 0 Å². The molecule has 9 heteroatoms. The van der Waals surface area contributed by atoms with E-state index in [1.807, 2.05) is 30.3 Å². The van der Waals surface area contributed by atoms with Crippen LogP contribution in [0.15, 0.2) is 75.9 Å². The van der Waals surface area contributed by atoms with Gasteiger partial charge in [0.05, 0.1) is 24.2 Å². The zero-order valence-electron chi connectivity index (χ0n) is 21.5. The Kier molecular flexibility index (Phi) is 7.49. The molecule has 4 aromatic rings. The van der Waals surface area contributed by atoms with Crippen molar-refractivity contribution in [1.29, 1.82) is 0 Å². The van der Waals surface area contributed by atoms with E-state index in [2.05, 4.69) is 5.32 Å². The number of rotatable bonds is 6. The Hall–Kier alpha value is -4.79. The molecule has 1 atom stereocenters. The minimum atomic E-state index is -0.973. The lowest BCUT2D eigenvalue weighted by Gasteiger charge is -2.14. The monoisotopic (exact) mass is 529 g/mol. The first-order valence-corrected chi connectivity index (χ1v) is 12.6. The maximum atomic E-state index is 13.4. The van der Waals surface area contributed by atoms with Gasteiger partial charge in [0.2, 0.25) is 5.43 Å². The van der Waals surface area contributed by atoms with Crippen LogP contribution in [-0.2, 0) is 16.1 Å². The van der Waals surface area contributed by atoms with E-state index in [4.69, 9.17) is 23.4 Å². The van der Waals surface area contributed by atoms with Crippen molar-refractivity contribution >= 4 is 23.0 Å². The van der Waals surface area contributed by atoms with Crippen LogP contribution < -0.4 is 25.0 Å². The summed E-state index contributed by atoms with van der Waals surface area (Å²) in [5.41, 5.74) is 1.93. The van der Waals surface area contributed by atoms with Crippen LogP contribution in [0.5, 0.6) is 17.2 Å². The summed E-state index contributed by atoms with van der Waals surface area (Å²) in [6.07, 6.45) is 0.0343. The largest absolute Gasteiger partial charge is 0.490 e. The lowest BCUT2D eigenvalue weighted by Crippen LogP contribution is -2.41. The summed E-state index contributed by atoms with van der Waals surface area (Å²) in [7, 11) is 0. The summed E-state index contributed by atoms with van der Waals surface area (Å²) < 4.78 is 28.0. The van der Waals surface area contributed by atoms with Gasteiger partial charge in [0.15, 0.2) is 11.5 Å². The van der Waals surface area contributed by atoms with Crippen molar-refractivity contribution < 1.29 is 33.0 Å². The second-order valence-corrected chi connectivity index (χ2v) is 9.08. The van der Waals surface area contributed by atoms with Gasteiger partial charge in [-0.2, -0.15) is 0 Å². The van der Waals surface area contributed by atoms with E-state index in [1.165, 1.54) is 19.1 Å². The molecule has 0 radical (unpaired) electrons. The average Bonchev–Trinajstić information content (AvgIpc) is 3.17. The lowest BCUT2D eigenvalue weighted by atomic mass is 10.0. The summed E-state index contributed by atoms with van der Waals surface area (Å²) in [6.45, 7) is 4.37. The summed E-state index contributed by atoms with van der Waals surface area (Å²) >= 11 is 0. The molecule has 1 aliphatic rings. The van der Waals surface area contributed by atoms with Crippen molar-refractivity contribution in [3.63, 3.8) is 0 Å². The Bertz CT molecular complexity index is 1580. The second kappa shape index (κ2) is 11.3. The normalized spacial score (nSPS) is 13.3. The van der Waals surface area contributed by atoms with Crippen LogP contribution in [-0.4, -0.2) is 31.3 Å². The molecule has 0 spiro atoms. The Balaban J connectivity index is 1.29. The van der Waals surface area contributed by atoms with Crippen LogP contribution in [0.1, 0.15) is 24.7 Å². The number of esters is 1. The van der Waals surface area contributed by atoms with Crippen LogP contribution in [0.25, 0.3) is 22.1 Å². The highest BCUT2D eigenvalue weighted by molar-refractivity contribution is 5.86. The fraction of sp³-hybridized carbons (Fsp3) is 0.233. The predicted molar refractivity (Wildman–Crippen MR) is 143 cm³/mol. The van der Waals surface area contributed by atoms with Gasteiger partial charge < -0.3 is 28.7 Å². The fourth-order valence-electron chi connectivity index (χ4n) is 4.21. The maximum absolute atomic E-state index is 13.4. The molecule has 0 saturated heterocycles. The SMILES string of the molecule is Cc1oc2cc(OC(=O)[C@H](C)NC(=O)OCc3ccccc3)ccc2c(=O)c1-c1ccc2c(c1)OCCCO2. The third-order valence-electron chi connectivity index (χ3n) is 6.20. The van der Waals surface area contributed by atoms with E-state index >= 15 is 0 Å². The number of hydrogen-bond donors (Lipinski definition) is 1. The Labute approximate surface area is 224 Å². The smallest absolute Gasteiger partial charge is 0.408 e. The van der Waals surface area contributed by atoms with Gasteiger partial charge in [0.1, 0.15) is 29.7 Å².